The van der Waals surface area contributed by atoms with Gasteiger partial charge in [0.25, 0.3) is 0 Å². The first-order valence-electron chi connectivity index (χ1n) is 10.0. The van der Waals surface area contributed by atoms with Gasteiger partial charge in [0.15, 0.2) is 6.20 Å². The quantitative estimate of drug-likeness (QED) is 0.575. The monoisotopic (exact) mass is 343 g/mol. The van der Waals surface area contributed by atoms with Crippen molar-refractivity contribution in [3.63, 3.8) is 0 Å². The summed E-state index contributed by atoms with van der Waals surface area (Å²) in [6.45, 7) is 2.15. The van der Waals surface area contributed by atoms with Crippen molar-refractivity contribution in [2.45, 2.75) is 44.9 Å². The average Bonchev–Trinajstić information content (AvgIpc) is 2.69. The Morgan fingerprint density at radius 2 is 1.88 bits per heavy atom. The fraction of sp³-hybridized carbons (Fsp3) is 0.417. The van der Waals surface area contributed by atoms with Gasteiger partial charge in [-0.05, 0) is 72.6 Å². The van der Waals surface area contributed by atoms with Gasteiger partial charge in [-0.3, -0.25) is 4.98 Å². The zero-order valence-corrected chi connectivity index (χ0v) is 15.8. The summed E-state index contributed by atoms with van der Waals surface area (Å²) in [5.74, 6) is 2.68. The molecule has 6 rings (SSSR count). The molecule has 2 nitrogen and oxygen atoms in total. The molecule has 3 aliphatic rings. The van der Waals surface area contributed by atoms with Gasteiger partial charge < -0.3 is 0 Å². The van der Waals surface area contributed by atoms with Gasteiger partial charge >= 0.3 is 0 Å². The second kappa shape index (κ2) is 6.19. The van der Waals surface area contributed by atoms with Crippen molar-refractivity contribution in [1.29, 1.82) is 0 Å². The molecule has 0 saturated heterocycles. The Balaban J connectivity index is 1.63. The lowest BCUT2D eigenvalue weighted by Gasteiger charge is -2.42. The third-order valence-electron chi connectivity index (χ3n) is 6.91. The van der Waals surface area contributed by atoms with Crippen molar-refractivity contribution in [2.75, 3.05) is 0 Å². The molecule has 2 bridgehead atoms. The predicted molar refractivity (Wildman–Crippen MR) is 106 cm³/mol. The van der Waals surface area contributed by atoms with Gasteiger partial charge in [0.1, 0.15) is 7.05 Å². The van der Waals surface area contributed by atoms with Crippen LogP contribution in [0.5, 0.6) is 0 Å². The van der Waals surface area contributed by atoms with Crippen molar-refractivity contribution in [2.24, 2.45) is 18.9 Å². The van der Waals surface area contributed by atoms with Gasteiger partial charge in [-0.2, -0.15) is 0 Å². The zero-order chi connectivity index (χ0) is 17.7. The van der Waals surface area contributed by atoms with Crippen LogP contribution in [-0.4, -0.2) is 4.98 Å². The molecule has 0 amide bonds. The Bertz CT molecular complexity index is 967. The minimum absolute atomic E-state index is 0.784. The molecule has 3 aliphatic carbocycles. The van der Waals surface area contributed by atoms with Gasteiger partial charge in [0.05, 0.1) is 10.9 Å². The van der Waals surface area contributed by atoms with E-state index in [1.165, 1.54) is 59.7 Å². The first kappa shape index (κ1) is 16.0. The molecule has 0 aliphatic heterocycles. The van der Waals surface area contributed by atoms with Crippen molar-refractivity contribution in [1.82, 2.24) is 4.98 Å². The molecule has 3 aromatic rings. The van der Waals surface area contributed by atoms with E-state index in [1.807, 2.05) is 12.4 Å². The molecular formula is C24H27N2+. The number of pyridine rings is 2. The van der Waals surface area contributed by atoms with E-state index in [-0.39, 0.29) is 0 Å². The summed E-state index contributed by atoms with van der Waals surface area (Å²) in [7, 11) is 2.14. The molecule has 132 valence electrons. The molecule has 1 aromatic carbocycles. The number of hydrogen-bond acceptors (Lipinski definition) is 1. The Kier molecular flexibility index (Phi) is 3.81. The van der Waals surface area contributed by atoms with Crippen LogP contribution >= 0.6 is 0 Å². The van der Waals surface area contributed by atoms with E-state index in [0.29, 0.717) is 0 Å². The van der Waals surface area contributed by atoms with Gasteiger partial charge in [0.2, 0.25) is 5.69 Å². The molecule has 2 aromatic heterocycles. The lowest BCUT2D eigenvalue weighted by Crippen LogP contribution is -2.31. The number of aromatic nitrogens is 2. The average molecular weight is 343 g/mol. The van der Waals surface area contributed by atoms with E-state index in [1.54, 1.807) is 5.56 Å². The van der Waals surface area contributed by atoms with E-state index >= 15 is 0 Å². The summed E-state index contributed by atoms with van der Waals surface area (Å²) in [6.07, 6.45) is 13.3. The van der Waals surface area contributed by atoms with Crippen molar-refractivity contribution < 1.29 is 4.57 Å². The first-order chi connectivity index (χ1) is 12.7. The molecule has 3 saturated carbocycles. The van der Waals surface area contributed by atoms with E-state index in [4.69, 9.17) is 0 Å². The molecule has 0 spiro atoms. The van der Waals surface area contributed by atoms with E-state index in [9.17, 15) is 0 Å². The molecule has 1 unspecified atom stereocenters. The molecule has 0 radical (unpaired) electrons. The fourth-order valence-corrected chi connectivity index (χ4v) is 5.48. The predicted octanol–water partition coefficient (Wildman–Crippen LogP) is 5.33. The largest absolute Gasteiger partial charge is 0.264 e. The number of aryl methyl sites for hydroxylation is 2. The van der Waals surface area contributed by atoms with Crippen molar-refractivity contribution >= 4 is 10.8 Å². The summed E-state index contributed by atoms with van der Waals surface area (Å²) >= 11 is 0. The summed E-state index contributed by atoms with van der Waals surface area (Å²) in [5, 5.41) is 2.71. The lowest BCUT2D eigenvalue weighted by molar-refractivity contribution is -0.659. The van der Waals surface area contributed by atoms with Gasteiger partial charge in [0, 0.05) is 18.5 Å². The SMILES string of the molecule is Cc1cnccc1-c1c2ccc(C3CC4CCC3CC4)cc2cc[n+]1C. The highest BCUT2D eigenvalue weighted by atomic mass is 14.9. The molecule has 2 heterocycles. The minimum atomic E-state index is 0.784. The third-order valence-corrected chi connectivity index (χ3v) is 6.91. The normalized spacial score (nSPS) is 24.9. The zero-order valence-electron chi connectivity index (χ0n) is 15.8. The maximum atomic E-state index is 4.27. The van der Waals surface area contributed by atoms with Crippen LogP contribution in [0.1, 0.15) is 49.1 Å². The van der Waals surface area contributed by atoms with Gasteiger partial charge in [-0.15, -0.1) is 0 Å². The number of benzene rings is 1. The highest BCUT2D eigenvalue weighted by molar-refractivity contribution is 5.93. The maximum Gasteiger partial charge on any atom is 0.220 e. The molecule has 2 heteroatoms. The van der Waals surface area contributed by atoms with Gasteiger partial charge in [-0.25, -0.2) is 4.57 Å². The Hall–Kier alpha value is -2.22. The molecule has 26 heavy (non-hydrogen) atoms. The Morgan fingerprint density at radius 3 is 2.62 bits per heavy atom. The van der Waals surface area contributed by atoms with Gasteiger partial charge in [-0.1, -0.05) is 25.0 Å². The second-order valence-electron chi connectivity index (χ2n) is 8.44. The molecule has 0 N–H and O–H groups in total. The Morgan fingerprint density at radius 1 is 1.04 bits per heavy atom. The number of hydrogen-bond donors (Lipinski definition) is 0. The van der Waals surface area contributed by atoms with E-state index in [2.05, 4.69) is 60.1 Å². The van der Waals surface area contributed by atoms with Crippen LogP contribution in [0.3, 0.4) is 0 Å². The lowest BCUT2D eigenvalue weighted by atomic mass is 9.63. The van der Waals surface area contributed by atoms with Crippen LogP contribution < -0.4 is 4.57 Å². The minimum Gasteiger partial charge on any atom is -0.264 e. The molecular weight excluding hydrogens is 316 g/mol. The van der Waals surface area contributed by atoms with Crippen molar-refractivity contribution in [3.8, 4) is 11.3 Å². The number of nitrogens with zero attached hydrogens (tertiary/aromatic N) is 2. The number of fused-ring (bicyclic) bond motifs is 4. The highest BCUT2D eigenvalue weighted by Crippen LogP contribution is 2.50. The maximum absolute atomic E-state index is 4.27. The Labute approximate surface area is 155 Å². The first-order valence-corrected chi connectivity index (χ1v) is 10.0. The summed E-state index contributed by atoms with van der Waals surface area (Å²) in [6, 6.07) is 11.7. The van der Waals surface area contributed by atoms with Crippen molar-refractivity contribution in [3.05, 3.63) is 60.0 Å². The van der Waals surface area contributed by atoms with Crippen LogP contribution in [-0.2, 0) is 7.05 Å². The van der Waals surface area contributed by atoms with E-state index in [0.717, 1.165) is 17.8 Å². The van der Waals surface area contributed by atoms with Crippen LogP contribution in [0.15, 0.2) is 48.9 Å². The van der Waals surface area contributed by atoms with Crippen LogP contribution in [0.25, 0.3) is 22.0 Å². The molecule has 1 atom stereocenters. The highest BCUT2D eigenvalue weighted by Gasteiger charge is 2.36. The fourth-order valence-electron chi connectivity index (χ4n) is 5.48. The van der Waals surface area contributed by atoms with Crippen LogP contribution in [0.2, 0.25) is 0 Å². The standard InChI is InChI=1S/C24H27N2/c1-16-15-25-11-9-21(16)24-22-8-7-19(14-20(22)10-12-26(24)2)23-13-17-3-5-18(23)6-4-17/h7-12,14-15,17-18,23H,3-6,13H2,1-2H3/q+1. The summed E-state index contributed by atoms with van der Waals surface area (Å²) in [5.41, 5.74) is 5.36. The smallest absolute Gasteiger partial charge is 0.220 e. The summed E-state index contributed by atoms with van der Waals surface area (Å²) < 4.78 is 2.24. The van der Waals surface area contributed by atoms with Crippen LogP contribution in [0.4, 0.5) is 0 Å². The topological polar surface area (TPSA) is 16.8 Å². The van der Waals surface area contributed by atoms with Crippen LogP contribution in [0, 0.1) is 18.8 Å². The van der Waals surface area contributed by atoms with E-state index < -0.39 is 0 Å². The summed E-state index contributed by atoms with van der Waals surface area (Å²) in [4.78, 5) is 4.27. The molecule has 3 fully saturated rings. The third kappa shape index (κ3) is 2.55. The number of rotatable bonds is 2. The second-order valence-corrected chi connectivity index (χ2v) is 8.44.